The van der Waals surface area contributed by atoms with E-state index in [-0.39, 0.29) is 30.4 Å². The van der Waals surface area contributed by atoms with Gasteiger partial charge < -0.3 is 15.0 Å². The van der Waals surface area contributed by atoms with E-state index in [1.807, 2.05) is 13.8 Å². The number of piperidine rings is 1. The van der Waals surface area contributed by atoms with Crippen LogP contribution in [0.4, 0.5) is 0 Å². The minimum atomic E-state index is -0.384. The first kappa shape index (κ1) is 34.3. The molecule has 34 heavy (non-hydrogen) atoms. The predicted molar refractivity (Wildman–Crippen MR) is 142 cm³/mol. The van der Waals surface area contributed by atoms with Gasteiger partial charge in [-0.3, -0.25) is 14.5 Å². The second-order valence-corrected chi connectivity index (χ2v) is 9.73. The summed E-state index contributed by atoms with van der Waals surface area (Å²) >= 11 is 0. The lowest BCUT2D eigenvalue weighted by Gasteiger charge is -2.40. The standard InChI is InChI=1S/C14H24N2O4.C10H21N.C3H8/c1-6-20-14(19)11(4)7-12(10(2)3)16(5)13(18)8-15-9-17;1-4-10(2,3)11-8-6-5-7-9-11;1-3-2/h7,9-10,12H,6,8H2,1-5H3,(H,15,17);4-9H2,1-3H3;3H2,1-2H3/b11-7+;;/t12-;;/m1../s1. The summed E-state index contributed by atoms with van der Waals surface area (Å²) in [6.07, 6.45) is 8.98. The summed E-state index contributed by atoms with van der Waals surface area (Å²) in [6.45, 7) is 21.5. The topological polar surface area (TPSA) is 79.0 Å². The quantitative estimate of drug-likeness (QED) is 0.274. The Morgan fingerprint density at radius 3 is 2.03 bits per heavy atom. The van der Waals surface area contributed by atoms with Gasteiger partial charge in [0, 0.05) is 18.2 Å². The highest BCUT2D eigenvalue weighted by atomic mass is 16.5. The molecule has 1 N–H and O–H groups in total. The van der Waals surface area contributed by atoms with Gasteiger partial charge in [-0.25, -0.2) is 4.79 Å². The van der Waals surface area contributed by atoms with Crippen molar-refractivity contribution < 1.29 is 19.1 Å². The molecule has 1 aliphatic rings. The van der Waals surface area contributed by atoms with Crippen molar-refractivity contribution in [3.63, 3.8) is 0 Å². The van der Waals surface area contributed by atoms with Crippen LogP contribution in [0.15, 0.2) is 11.6 Å². The van der Waals surface area contributed by atoms with Crippen molar-refractivity contribution in [2.75, 3.05) is 33.3 Å². The van der Waals surface area contributed by atoms with E-state index < -0.39 is 0 Å². The fourth-order valence-corrected chi connectivity index (χ4v) is 3.46. The minimum Gasteiger partial charge on any atom is -0.463 e. The van der Waals surface area contributed by atoms with Gasteiger partial charge >= 0.3 is 5.97 Å². The molecule has 1 heterocycles. The molecule has 7 nitrogen and oxygen atoms in total. The molecular weight excluding hydrogens is 430 g/mol. The fraction of sp³-hybridized carbons (Fsp3) is 0.815. The minimum absolute atomic E-state index is 0.0600. The van der Waals surface area contributed by atoms with Gasteiger partial charge in [0.2, 0.25) is 12.3 Å². The Kier molecular flexibility index (Phi) is 19.6. The molecule has 2 amide bonds. The Bertz CT molecular complexity index is 597. The predicted octanol–water partition coefficient (Wildman–Crippen LogP) is 4.80. The van der Waals surface area contributed by atoms with E-state index in [9.17, 15) is 14.4 Å². The van der Waals surface area contributed by atoms with Crippen LogP contribution in [0.1, 0.15) is 94.4 Å². The molecule has 0 saturated carbocycles. The average Bonchev–Trinajstić information content (AvgIpc) is 2.81. The smallest absolute Gasteiger partial charge is 0.333 e. The molecule has 200 valence electrons. The van der Waals surface area contributed by atoms with Gasteiger partial charge in [0.1, 0.15) is 0 Å². The molecule has 0 spiro atoms. The van der Waals surface area contributed by atoms with Crippen LogP contribution in [-0.4, -0.2) is 73.0 Å². The van der Waals surface area contributed by atoms with Crippen molar-refractivity contribution >= 4 is 18.3 Å². The van der Waals surface area contributed by atoms with E-state index in [2.05, 4.69) is 44.8 Å². The van der Waals surface area contributed by atoms with Crippen molar-refractivity contribution in [1.82, 2.24) is 15.1 Å². The van der Waals surface area contributed by atoms with Crippen molar-refractivity contribution in [1.29, 1.82) is 0 Å². The van der Waals surface area contributed by atoms with Crippen molar-refractivity contribution in [3.8, 4) is 0 Å². The number of carbonyl (C=O) groups is 3. The molecule has 0 bridgehead atoms. The second-order valence-electron chi connectivity index (χ2n) is 9.73. The maximum absolute atomic E-state index is 11.9. The zero-order chi connectivity index (χ0) is 26.7. The second kappa shape index (κ2) is 19.4. The third-order valence-corrected chi connectivity index (χ3v) is 5.96. The molecule has 0 aromatic carbocycles. The van der Waals surface area contributed by atoms with Crippen LogP contribution in [0, 0.1) is 5.92 Å². The first-order chi connectivity index (χ1) is 15.9. The summed E-state index contributed by atoms with van der Waals surface area (Å²) in [7, 11) is 1.65. The number of nitrogens with zero attached hydrogens (tertiary/aromatic N) is 2. The van der Waals surface area contributed by atoms with E-state index in [1.165, 1.54) is 50.1 Å². The Labute approximate surface area is 209 Å². The molecule has 1 rings (SSSR count). The van der Waals surface area contributed by atoms with E-state index in [0.29, 0.717) is 24.1 Å². The van der Waals surface area contributed by atoms with Crippen molar-refractivity contribution in [2.24, 2.45) is 5.92 Å². The summed E-state index contributed by atoms with van der Waals surface area (Å²) in [5, 5.41) is 2.34. The zero-order valence-corrected chi connectivity index (χ0v) is 23.7. The van der Waals surface area contributed by atoms with Gasteiger partial charge in [-0.2, -0.15) is 0 Å². The average molecular weight is 484 g/mol. The number of likely N-dealkylation sites (tertiary alicyclic amines) is 1. The molecule has 7 heteroatoms. The number of rotatable bonds is 10. The lowest BCUT2D eigenvalue weighted by molar-refractivity contribution is -0.138. The number of amides is 2. The van der Waals surface area contributed by atoms with Crippen LogP contribution >= 0.6 is 0 Å². The molecule has 1 fully saturated rings. The van der Waals surface area contributed by atoms with Gasteiger partial charge in [0.25, 0.3) is 0 Å². The summed E-state index contributed by atoms with van der Waals surface area (Å²) in [5.74, 6) is -0.474. The van der Waals surface area contributed by atoms with E-state index in [1.54, 1.807) is 27.0 Å². The van der Waals surface area contributed by atoms with Crippen molar-refractivity contribution in [2.45, 2.75) is 106 Å². The van der Waals surface area contributed by atoms with Crippen LogP contribution in [0.5, 0.6) is 0 Å². The lowest BCUT2D eigenvalue weighted by Crippen LogP contribution is -2.46. The van der Waals surface area contributed by atoms with Crippen molar-refractivity contribution in [3.05, 3.63) is 11.6 Å². The number of carbonyl (C=O) groups excluding carboxylic acids is 3. The van der Waals surface area contributed by atoms with Crippen LogP contribution in [0.2, 0.25) is 0 Å². The Morgan fingerprint density at radius 1 is 1.09 bits per heavy atom. The van der Waals surface area contributed by atoms with Gasteiger partial charge in [-0.05, 0) is 66.0 Å². The van der Waals surface area contributed by atoms with Crippen LogP contribution in [-0.2, 0) is 19.1 Å². The molecule has 1 aliphatic heterocycles. The molecule has 0 radical (unpaired) electrons. The molecule has 0 aliphatic carbocycles. The van der Waals surface area contributed by atoms with E-state index in [4.69, 9.17) is 4.74 Å². The van der Waals surface area contributed by atoms with Crippen LogP contribution < -0.4 is 5.32 Å². The summed E-state index contributed by atoms with van der Waals surface area (Å²) in [5.41, 5.74) is 0.911. The maximum atomic E-state index is 11.9. The zero-order valence-electron chi connectivity index (χ0n) is 23.7. The van der Waals surface area contributed by atoms with Gasteiger partial charge in [-0.1, -0.05) is 53.5 Å². The normalized spacial score (nSPS) is 15.2. The highest BCUT2D eigenvalue weighted by Crippen LogP contribution is 2.22. The summed E-state index contributed by atoms with van der Waals surface area (Å²) in [6, 6.07) is -0.236. The summed E-state index contributed by atoms with van der Waals surface area (Å²) < 4.78 is 4.92. The number of hydrogen-bond acceptors (Lipinski definition) is 5. The number of nitrogens with one attached hydrogen (secondary N) is 1. The van der Waals surface area contributed by atoms with E-state index >= 15 is 0 Å². The number of hydrogen-bond donors (Lipinski definition) is 1. The molecular formula is C27H53N3O4. The highest BCUT2D eigenvalue weighted by Gasteiger charge is 2.25. The molecule has 0 unspecified atom stereocenters. The molecule has 0 aromatic heterocycles. The Balaban J connectivity index is 0. The van der Waals surface area contributed by atoms with Crippen LogP contribution in [0.25, 0.3) is 0 Å². The first-order valence-corrected chi connectivity index (χ1v) is 13.0. The third-order valence-electron chi connectivity index (χ3n) is 5.96. The van der Waals surface area contributed by atoms with E-state index in [0.717, 1.165) is 0 Å². The van der Waals surface area contributed by atoms with Gasteiger partial charge in [-0.15, -0.1) is 0 Å². The lowest BCUT2D eigenvalue weighted by atomic mass is 9.96. The SMILES string of the molecule is CCC.CCC(C)(C)N1CCCCC1.CCOC(=O)/C(C)=C/[C@H](C(C)C)N(C)C(=O)CNC=O. The summed E-state index contributed by atoms with van der Waals surface area (Å²) in [4.78, 5) is 37.9. The van der Waals surface area contributed by atoms with Gasteiger partial charge in [0.15, 0.2) is 0 Å². The highest BCUT2D eigenvalue weighted by molar-refractivity contribution is 5.88. The third kappa shape index (κ3) is 14.4. The Morgan fingerprint density at radius 2 is 1.62 bits per heavy atom. The number of likely N-dealkylation sites (N-methyl/N-ethyl adjacent to an activating group) is 1. The molecule has 0 aromatic rings. The van der Waals surface area contributed by atoms with Crippen LogP contribution in [0.3, 0.4) is 0 Å². The Hall–Kier alpha value is -1.89. The maximum Gasteiger partial charge on any atom is 0.333 e. The molecule has 1 atom stereocenters. The number of ether oxygens (including phenoxy) is 1. The monoisotopic (exact) mass is 483 g/mol. The molecule has 1 saturated heterocycles. The number of esters is 1. The largest absolute Gasteiger partial charge is 0.463 e. The first-order valence-electron chi connectivity index (χ1n) is 13.0. The fourth-order valence-electron chi connectivity index (χ4n) is 3.46. The van der Waals surface area contributed by atoms with Gasteiger partial charge in [0.05, 0.1) is 19.2 Å².